The molecule has 0 amide bonds. The summed E-state index contributed by atoms with van der Waals surface area (Å²) in [6.07, 6.45) is 6.05. The van der Waals surface area contributed by atoms with Gasteiger partial charge in [0.1, 0.15) is 5.82 Å². The predicted molar refractivity (Wildman–Crippen MR) is 120 cm³/mol. The molecule has 4 heterocycles. The van der Waals surface area contributed by atoms with Gasteiger partial charge in [0.2, 0.25) is 0 Å². The van der Waals surface area contributed by atoms with Crippen LogP contribution in [-0.4, -0.2) is 35.9 Å². The van der Waals surface area contributed by atoms with E-state index in [1.165, 1.54) is 17.7 Å². The van der Waals surface area contributed by atoms with Crippen LogP contribution in [0.5, 0.6) is 11.5 Å². The van der Waals surface area contributed by atoms with E-state index in [-0.39, 0.29) is 0 Å². The number of rotatable bonds is 5. The van der Waals surface area contributed by atoms with Gasteiger partial charge >= 0.3 is 0 Å². The topological polar surface area (TPSA) is 60.4 Å². The first-order valence-electron chi connectivity index (χ1n) is 9.92. The lowest BCUT2D eigenvalue weighted by molar-refractivity contribution is 0.356. The van der Waals surface area contributed by atoms with E-state index in [0.717, 1.165) is 34.4 Å². The molecule has 1 atom stereocenters. The quantitative estimate of drug-likeness (QED) is 0.449. The molecule has 1 saturated heterocycles. The van der Waals surface area contributed by atoms with Gasteiger partial charge in [-0.3, -0.25) is 0 Å². The molecule has 152 valence electrons. The summed E-state index contributed by atoms with van der Waals surface area (Å²) in [5.74, 6) is 2.32. The highest BCUT2D eigenvalue weighted by atomic mass is 32.1. The third-order valence-electron chi connectivity index (χ3n) is 5.62. The highest BCUT2D eigenvalue weighted by Crippen LogP contribution is 2.39. The number of nitrogens with zero attached hydrogens (tertiary/aromatic N) is 4. The van der Waals surface area contributed by atoms with Crippen LogP contribution in [0.4, 0.5) is 5.82 Å². The predicted octanol–water partition coefficient (Wildman–Crippen LogP) is 5.11. The van der Waals surface area contributed by atoms with Crippen molar-refractivity contribution in [3.05, 3.63) is 59.0 Å². The number of aromatic nitrogens is 3. The molecular formula is C23H22N4O2S. The lowest BCUT2D eigenvalue weighted by Gasteiger charge is -2.25. The number of methoxy groups -OCH3 is 2. The molecule has 0 saturated carbocycles. The van der Waals surface area contributed by atoms with Gasteiger partial charge in [0, 0.05) is 40.2 Å². The van der Waals surface area contributed by atoms with Gasteiger partial charge in [0.05, 0.1) is 32.0 Å². The van der Waals surface area contributed by atoms with E-state index in [1.807, 2.05) is 29.7 Å². The molecule has 1 aromatic carbocycles. The number of hydrogen-bond donors (Lipinski definition) is 0. The lowest BCUT2D eigenvalue weighted by Crippen LogP contribution is -2.22. The molecule has 0 radical (unpaired) electrons. The van der Waals surface area contributed by atoms with Crippen molar-refractivity contribution in [3.63, 3.8) is 0 Å². The number of thiophene rings is 1. The zero-order chi connectivity index (χ0) is 20.5. The Bertz CT molecular complexity index is 1160. The van der Waals surface area contributed by atoms with Crippen molar-refractivity contribution in [2.45, 2.75) is 18.9 Å². The zero-order valence-electron chi connectivity index (χ0n) is 16.9. The second kappa shape index (κ2) is 7.91. The molecule has 1 fully saturated rings. The van der Waals surface area contributed by atoms with Crippen LogP contribution in [0.15, 0.2) is 54.2 Å². The summed E-state index contributed by atoms with van der Waals surface area (Å²) in [6, 6.07) is 12.8. The molecule has 5 rings (SSSR count). The largest absolute Gasteiger partial charge is 0.493 e. The van der Waals surface area contributed by atoms with Crippen LogP contribution in [0.25, 0.3) is 22.0 Å². The molecule has 0 spiro atoms. The van der Waals surface area contributed by atoms with E-state index in [4.69, 9.17) is 14.5 Å². The summed E-state index contributed by atoms with van der Waals surface area (Å²) < 4.78 is 10.9. The maximum absolute atomic E-state index is 5.47. The van der Waals surface area contributed by atoms with Crippen LogP contribution in [0.2, 0.25) is 0 Å². The Hall–Kier alpha value is -3.19. The van der Waals surface area contributed by atoms with Crippen molar-refractivity contribution in [3.8, 4) is 22.6 Å². The molecule has 7 heteroatoms. The minimum Gasteiger partial charge on any atom is -0.493 e. The fourth-order valence-electron chi connectivity index (χ4n) is 4.15. The van der Waals surface area contributed by atoms with Gasteiger partial charge in [-0.05, 0) is 42.5 Å². The Kier molecular flexibility index (Phi) is 4.96. The van der Waals surface area contributed by atoms with Gasteiger partial charge < -0.3 is 14.4 Å². The second-order valence-corrected chi connectivity index (χ2v) is 8.23. The molecule has 1 aliphatic rings. The smallest absolute Gasteiger partial charge is 0.162 e. The van der Waals surface area contributed by atoms with Gasteiger partial charge in [-0.2, -0.15) is 10.2 Å². The standard InChI is InChI=1S/C23H22N4O2S/c1-28-20-11-16-17(14-25-26-18(16)12-21(20)29-2)15-7-8-23(24-13-15)27-9-3-5-19(27)22-6-4-10-30-22/h4,6-8,10-14,19H,3,5,9H2,1-2H3. The lowest BCUT2D eigenvalue weighted by atomic mass is 10.0. The normalized spacial score (nSPS) is 16.2. The van der Waals surface area contributed by atoms with E-state index in [2.05, 4.69) is 44.7 Å². The third kappa shape index (κ3) is 3.25. The molecule has 4 aromatic rings. The summed E-state index contributed by atoms with van der Waals surface area (Å²) in [7, 11) is 3.25. The van der Waals surface area contributed by atoms with E-state index in [0.29, 0.717) is 17.5 Å². The maximum atomic E-state index is 5.47. The van der Waals surface area contributed by atoms with Crippen molar-refractivity contribution in [1.82, 2.24) is 15.2 Å². The Morgan fingerprint density at radius 3 is 2.67 bits per heavy atom. The Balaban J connectivity index is 1.51. The molecule has 30 heavy (non-hydrogen) atoms. The first-order valence-corrected chi connectivity index (χ1v) is 10.8. The van der Waals surface area contributed by atoms with E-state index in [9.17, 15) is 0 Å². The van der Waals surface area contributed by atoms with Crippen molar-refractivity contribution in [2.24, 2.45) is 0 Å². The average Bonchev–Trinajstić information content (AvgIpc) is 3.49. The Labute approximate surface area is 179 Å². The van der Waals surface area contributed by atoms with Crippen LogP contribution in [0.3, 0.4) is 0 Å². The van der Waals surface area contributed by atoms with Crippen LogP contribution in [0, 0.1) is 0 Å². The fraction of sp³-hybridized carbons (Fsp3) is 0.261. The van der Waals surface area contributed by atoms with Gasteiger partial charge in [-0.1, -0.05) is 6.07 Å². The average molecular weight is 419 g/mol. The van der Waals surface area contributed by atoms with Gasteiger partial charge in [0.25, 0.3) is 0 Å². The zero-order valence-corrected chi connectivity index (χ0v) is 17.7. The Morgan fingerprint density at radius 1 is 1.07 bits per heavy atom. The van der Waals surface area contributed by atoms with E-state index in [1.54, 1.807) is 20.4 Å². The number of hydrogen-bond acceptors (Lipinski definition) is 7. The summed E-state index contributed by atoms with van der Waals surface area (Å²) in [5.41, 5.74) is 2.72. The summed E-state index contributed by atoms with van der Waals surface area (Å²) in [6.45, 7) is 1.03. The molecule has 1 aliphatic heterocycles. The van der Waals surface area contributed by atoms with Crippen LogP contribution in [0.1, 0.15) is 23.8 Å². The molecule has 0 aliphatic carbocycles. The molecule has 0 bridgehead atoms. The maximum Gasteiger partial charge on any atom is 0.162 e. The molecular weight excluding hydrogens is 396 g/mol. The SMILES string of the molecule is COc1cc2nncc(-c3ccc(N4CCCC4c4cccs4)nc3)c2cc1OC. The first-order chi connectivity index (χ1) is 14.8. The number of benzene rings is 1. The number of pyridine rings is 1. The second-order valence-electron chi connectivity index (χ2n) is 7.25. The van der Waals surface area contributed by atoms with E-state index >= 15 is 0 Å². The number of fused-ring (bicyclic) bond motifs is 1. The summed E-state index contributed by atoms with van der Waals surface area (Å²) in [4.78, 5) is 8.62. The molecule has 0 N–H and O–H groups in total. The molecule has 1 unspecified atom stereocenters. The highest BCUT2D eigenvalue weighted by molar-refractivity contribution is 7.10. The number of anilines is 1. The third-order valence-corrected chi connectivity index (χ3v) is 6.60. The molecule has 3 aromatic heterocycles. The van der Waals surface area contributed by atoms with Crippen molar-refractivity contribution >= 4 is 28.1 Å². The Morgan fingerprint density at radius 2 is 1.93 bits per heavy atom. The van der Waals surface area contributed by atoms with Crippen LogP contribution >= 0.6 is 11.3 Å². The van der Waals surface area contributed by atoms with Crippen LogP contribution < -0.4 is 14.4 Å². The minimum absolute atomic E-state index is 0.420. The summed E-state index contributed by atoms with van der Waals surface area (Å²) in [5, 5.41) is 11.5. The van der Waals surface area contributed by atoms with E-state index < -0.39 is 0 Å². The van der Waals surface area contributed by atoms with Crippen molar-refractivity contribution in [2.75, 3.05) is 25.7 Å². The van der Waals surface area contributed by atoms with Crippen molar-refractivity contribution in [1.29, 1.82) is 0 Å². The highest BCUT2D eigenvalue weighted by Gasteiger charge is 2.27. The number of ether oxygens (including phenoxy) is 2. The van der Waals surface area contributed by atoms with Gasteiger partial charge in [-0.25, -0.2) is 4.98 Å². The minimum atomic E-state index is 0.420. The molecule has 6 nitrogen and oxygen atoms in total. The monoisotopic (exact) mass is 418 g/mol. The van der Waals surface area contributed by atoms with Crippen molar-refractivity contribution < 1.29 is 9.47 Å². The first kappa shape index (κ1) is 18.8. The fourth-order valence-corrected chi connectivity index (χ4v) is 5.02. The van der Waals surface area contributed by atoms with Gasteiger partial charge in [0.15, 0.2) is 11.5 Å². The van der Waals surface area contributed by atoms with Gasteiger partial charge in [-0.15, -0.1) is 11.3 Å². The van der Waals surface area contributed by atoms with Crippen LogP contribution in [-0.2, 0) is 0 Å². The summed E-state index contributed by atoms with van der Waals surface area (Å²) >= 11 is 1.82.